The lowest BCUT2D eigenvalue weighted by Gasteiger charge is -2.35. The monoisotopic (exact) mass is 357 g/mol. The predicted octanol–water partition coefficient (Wildman–Crippen LogP) is 3.18. The van der Waals surface area contributed by atoms with Crippen molar-refractivity contribution >= 4 is 44.8 Å². The van der Waals surface area contributed by atoms with E-state index in [1.165, 1.54) is 16.4 Å². The Hall–Kier alpha value is -0.0400. The molecule has 0 aromatic heterocycles. The van der Waals surface area contributed by atoms with E-state index in [1.807, 2.05) is 0 Å². The van der Waals surface area contributed by atoms with Gasteiger partial charge in [0.2, 0.25) is 10.0 Å². The molecule has 1 fully saturated rings. The highest BCUT2D eigenvalue weighted by atomic mass is 35.5. The van der Waals surface area contributed by atoms with E-state index in [1.54, 1.807) is 6.92 Å². The molecule has 1 N–H and O–H groups in total. The average molecular weight is 359 g/mol. The van der Waals surface area contributed by atoms with Crippen LogP contribution in [0, 0.1) is 0 Å². The van der Waals surface area contributed by atoms with Crippen LogP contribution in [0.2, 0.25) is 15.1 Å². The summed E-state index contributed by atoms with van der Waals surface area (Å²) >= 11 is 17.7. The van der Waals surface area contributed by atoms with E-state index in [4.69, 9.17) is 34.8 Å². The summed E-state index contributed by atoms with van der Waals surface area (Å²) in [5, 5.41) is 10.2. The molecule has 0 saturated carbocycles. The third-order valence-electron chi connectivity index (χ3n) is 3.36. The Balaban J connectivity index is 2.37. The molecule has 4 nitrogen and oxygen atoms in total. The van der Waals surface area contributed by atoms with Crippen molar-refractivity contribution in [3.8, 4) is 0 Å². The van der Waals surface area contributed by atoms with Gasteiger partial charge in [-0.05, 0) is 31.9 Å². The van der Waals surface area contributed by atoms with Crippen molar-refractivity contribution in [2.24, 2.45) is 0 Å². The second-order valence-corrected chi connectivity index (χ2v) is 8.23. The maximum Gasteiger partial charge on any atom is 0.246 e. The Kier molecular flexibility index (Phi) is 4.60. The number of halogens is 3. The summed E-state index contributed by atoms with van der Waals surface area (Å²) in [4.78, 5) is -0.133. The third-order valence-corrected chi connectivity index (χ3v) is 6.40. The van der Waals surface area contributed by atoms with Crippen molar-refractivity contribution in [2.45, 2.75) is 30.3 Å². The number of rotatable bonds is 2. The van der Waals surface area contributed by atoms with Gasteiger partial charge in [0.15, 0.2) is 0 Å². The van der Waals surface area contributed by atoms with Crippen LogP contribution >= 0.6 is 34.8 Å². The smallest absolute Gasteiger partial charge is 0.246 e. The molecule has 1 aliphatic rings. The van der Waals surface area contributed by atoms with E-state index < -0.39 is 15.6 Å². The molecule has 112 valence electrons. The molecule has 1 aromatic carbocycles. The van der Waals surface area contributed by atoms with Gasteiger partial charge in [0.1, 0.15) is 4.90 Å². The summed E-state index contributed by atoms with van der Waals surface area (Å²) in [7, 11) is -3.79. The van der Waals surface area contributed by atoms with Gasteiger partial charge < -0.3 is 5.11 Å². The summed E-state index contributed by atoms with van der Waals surface area (Å²) in [6.07, 6.45) is 0.740. The highest BCUT2D eigenvalue weighted by Gasteiger charge is 2.36. The van der Waals surface area contributed by atoms with Gasteiger partial charge in [-0.3, -0.25) is 0 Å². The van der Waals surface area contributed by atoms with E-state index in [9.17, 15) is 13.5 Å². The molecular formula is C12H14Cl3NO3S. The van der Waals surface area contributed by atoms with E-state index in [0.717, 1.165) is 0 Å². The van der Waals surface area contributed by atoms with Gasteiger partial charge in [0, 0.05) is 18.1 Å². The van der Waals surface area contributed by atoms with Gasteiger partial charge in [-0.2, -0.15) is 4.31 Å². The first-order valence-electron chi connectivity index (χ1n) is 6.00. The van der Waals surface area contributed by atoms with Gasteiger partial charge in [-0.1, -0.05) is 34.8 Å². The minimum atomic E-state index is -3.79. The first-order valence-corrected chi connectivity index (χ1v) is 8.58. The van der Waals surface area contributed by atoms with Crippen molar-refractivity contribution in [1.82, 2.24) is 4.31 Å². The molecule has 1 saturated heterocycles. The van der Waals surface area contributed by atoms with Crippen LogP contribution in [0.1, 0.15) is 19.8 Å². The fourth-order valence-corrected chi connectivity index (χ4v) is 5.05. The number of benzene rings is 1. The minimum Gasteiger partial charge on any atom is -0.390 e. The molecule has 0 atom stereocenters. The van der Waals surface area contributed by atoms with Gasteiger partial charge in [0.25, 0.3) is 0 Å². The van der Waals surface area contributed by atoms with E-state index >= 15 is 0 Å². The number of piperidine rings is 1. The van der Waals surface area contributed by atoms with Gasteiger partial charge in [-0.15, -0.1) is 0 Å². The van der Waals surface area contributed by atoms with Crippen molar-refractivity contribution in [1.29, 1.82) is 0 Å². The van der Waals surface area contributed by atoms with Crippen LogP contribution in [0.25, 0.3) is 0 Å². The van der Waals surface area contributed by atoms with Crippen LogP contribution in [0.5, 0.6) is 0 Å². The standard InChI is InChI=1S/C12H14Cl3NO3S/c1-12(17)2-4-16(5-3-12)20(18,19)11-9(14)6-8(13)7-10(11)15/h6-7,17H,2-5H2,1H3. The Morgan fingerprint density at radius 1 is 1.15 bits per heavy atom. The molecule has 0 bridgehead atoms. The highest BCUT2D eigenvalue weighted by Crippen LogP contribution is 2.36. The predicted molar refractivity (Wildman–Crippen MR) is 80.1 cm³/mol. The van der Waals surface area contributed by atoms with Crippen LogP contribution in [-0.2, 0) is 10.0 Å². The topological polar surface area (TPSA) is 57.6 Å². The fraction of sp³-hybridized carbons (Fsp3) is 0.500. The Morgan fingerprint density at radius 3 is 2.05 bits per heavy atom. The molecule has 0 amide bonds. The van der Waals surface area contributed by atoms with E-state index in [2.05, 4.69) is 0 Å². The van der Waals surface area contributed by atoms with Crippen LogP contribution < -0.4 is 0 Å². The zero-order chi connectivity index (χ0) is 15.1. The lowest BCUT2D eigenvalue weighted by atomic mass is 9.95. The molecule has 8 heteroatoms. The number of nitrogens with zero attached hydrogens (tertiary/aromatic N) is 1. The number of hydrogen-bond donors (Lipinski definition) is 1. The lowest BCUT2D eigenvalue weighted by molar-refractivity contribution is 0.0126. The van der Waals surface area contributed by atoms with Gasteiger partial charge in [0.05, 0.1) is 15.6 Å². The van der Waals surface area contributed by atoms with Crippen LogP contribution in [0.15, 0.2) is 17.0 Å². The Morgan fingerprint density at radius 2 is 1.60 bits per heavy atom. The summed E-state index contributed by atoms with van der Waals surface area (Å²) in [6, 6.07) is 2.70. The second kappa shape index (κ2) is 5.63. The molecule has 2 rings (SSSR count). The zero-order valence-electron chi connectivity index (χ0n) is 10.7. The molecule has 0 spiro atoms. The average Bonchev–Trinajstić information content (AvgIpc) is 2.26. The fourth-order valence-electron chi connectivity index (χ4n) is 2.11. The first-order chi connectivity index (χ1) is 9.13. The van der Waals surface area contributed by atoms with Crippen molar-refractivity contribution < 1.29 is 13.5 Å². The Labute approximate surface area is 133 Å². The third kappa shape index (κ3) is 3.24. The number of aliphatic hydroxyl groups is 1. The molecule has 0 aliphatic carbocycles. The largest absolute Gasteiger partial charge is 0.390 e. The van der Waals surface area contributed by atoms with E-state index in [0.29, 0.717) is 12.8 Å². The molecular weight excluding hydrogens is 345 g/mol. The molecule has 0 radical (unpaired) electrons. The summed E-state index contributed by atoms with van der Waals surface area (Å²) < 4.78 is 26.5. The van der Waals surface area contributed by atoms with Crippen molar-refractivity contribution in [3.05, 3.63) is 27.2 Å². The normalized spacial score (nSPS) is 20.1. The summed E-state index contributed by atoms with van der Waals surface area (Å²) in [5.74, 6) is 0. The minimum absolute atomic E-state index is 0.000154. The Bertz CT molecular complexity index is 598. The first kappa shape index (κ1) is 16.3. The molecule has 1 aliphatic heterocycles. The van der Waals surface area contributed by atoms with Crippen molar-refractivity contribution in [3.63, 3.8) is 0 Å². The lowest BCUT2D eigenvalue weighted by Crippen LogP contribution is -2.45. The van der Waals surface area contributed by atoms with Gasteiger partial charge in [-0.25, -0.2) is 8.42 Å². The van der Waals surface area contributed by atoms with Crippen LogP contribution in [-0.4, -0.2) is 36.5 Å². The van der Waals surface area contributed by atoms with Crippen molar-refractivity contribution in [2.75, 3.05) is 13.1 Å². The van der Waals surface area contributed by atoms with E-state index in [-0.39, 0.29) is 33.1 Å². The van der Waals surface area contributed by atoms with Crippen LogP contribution in [0.3, 0.4) is 0 Å². The SMILES string of the molecule is CC1(O)CCN(S(=O)(=O)c2c(Cl)cc(Cl)cc2Cl)CC1. The number of hydrogen-bond acceptors (Lipinski definition) is 3. The van der Waals surface area contributed by atoms with Gasteiger partial charge >= 0.3 is 0 Å². The molecule has 20 heavy (non-hydrogen) atoms. The maximum atomic E-state index is 12.6. The molecule has 1 aromatic rings. The molecule has 1 heterocycles. The summed E-state index contributed by atoms with van der Waals surface area (Å²) in [6.45, 7) is 2.15. The zero-order valence-corrected chi connectivity index (χ0v) is 13.8. The van der Waals surface area contributed by atoms with Crippen LogP contribution in [0.4, 0.5) is 0 Å². The quantitative estimate of drug-likeness (QED) is 0.883. The molecule has 0 unspecified atom stereocenters. The number of sulfonamides is 1. The highest BCUT2D eigenvalue weighted by molar-refractivity contribution is 7.89. The summed E-state index contributed by atoms with van der Waals surface area (Å²) in [5.41, 5.74) is -0.834. The second-order valence-electron chi connectivity index (χ2n) is 5.10. The maximum absolute atomic E-state index is 12.6.